The molecule has 346 valence electrons. The van der Waals surface area contributed by atoms with Gasteiger partial charge >= 0.3 is 10.2 Å². The highest BCUT2D eigenvalue weighted by molar-refractivity contribution is 7.87. The summed E-state index contributed by atoms with van der Waals surface area (Å²) in [6, 6.07) is -2.86. The molecule has 15 nitrogen and oxygen atoms in total. The van der Waals surface area contributed by atoms with Crippen LogP contribution in [0.5, 0.6) is 0 Å². The van der Waals surface area contributed by atoms with Gasteiger partial charge in [0.1, 0.15) is 23.7 Å². The van der Waals surface area contributed by atoms with E-state index in [1.54, 1.807) is 11.0 Å². The number of carbonyl (C=O) groups is 5. The largest absolute Gasteiger partial charge is 0.381 e. The average Bonchev–Trinajstić information content (AvgIpc) is 3.70. The van der Waals surface area contributed by atoms with E-state index in [0.717, 1.165) is 77.2 Å². The molecule has 7 atom stereocenters. The number of piperidine rings is 1. The highest BCUT2D eigenvalue weighted by atomic mass is 32.2. The quantitative estimate of drug-likeness (QED) is 0.190. The summed E-state index contributed by atoms with van der Waals surface area (Å²) in [7, 11) is -4.12. The van der Waals surface area contributed by atoms with Gasteiger partial charge in [-0.15, -0.1) is 6.58 Å². The van der Waals surface area contributed by atoms with E-state index < -0.39 is 51.6 Å². The van der Waals surface area contributed by atoms with E-state index in [1.807, 2.05) is 0 Å². The van der Waals surface area contributed by atoms with Crippen molar-refractivity contribution in [3.8, 4) is 0 Å². The first-order valence-electron chi connectivity index (χ1n) is 24.0. The molecule has 2 spiro atoms. The maximum absolute atomic E-state index is 15.5. The number of amides is 5. The van der Waals surface area contributed by atoms with Crippen LogP contribution in [0.25, 0.3) is 0 Å². The van der Waals surface area contributed by atoms with Crippen LogP contribution in [-0.2, 0) is 38.9 Å². The molecule has 8 rings (SSSR count). The maximum Gasteiger partial charge on any atom is 0.303 e. The monoisotopic (exact) mass is 884 g/mol. The lowest BCUT2D eigenvalue weighted by molar-refractivity contribution is -0.145. The average molecular weight is 884 g/mol. The van der Waals surface area contributed by atoms with Crippen molar-refractivity contribution in [3.05, 3.63) is 12.7 Å². The SMILES string of the molecule is C=C[C@@H]1C[C@]1(NC(=O)[C@@H]1C[C@@]2(CN1C(=O)[C@@H](NC(=O)[C@@H](NC(=O)[C@@H]1CCCCN1C(C)C)C1CCCCC1)C1CCOCC1)C(C)(C)C21CCC1)C(=O)NS(=O)(=O)N1CCCC1. The summed E-state index contributed by atoms with van der Waals surface area (Å²) in [6.45, 7) is 15.3. The summed E-state index contributed by atoms with van der Waals surface area (Å²) in [5, 5.41) is 9.46. The van der Waals surface area contributed by atoms with Gasteiger partial charge < -0.3 is 25.6 Å². The Morgan fingerprint density at radius 1 is 0.742 bits per heavy atom. The highest BCUT2D eigenvalue weighted by Crippen LogP contribution is 2.88. The van der Waals surface area contributed by atoms with E-state index in [9.17, 15) is 27.6 Å². The van der Waals surface area contributed by atoms with Crippen LogP contribution >= 0.6 is 0 Å². The Bertz CT molecular complexity index is 1870. The van der Waals surface area contributed by atoms with Gasteiger partial charge in [0.2, 0.25) is 23.6 Å². The summed E-state index contributed by atoms with van der Waals surface area (Å²) in [4.78, 5) is 77.3. The smallest absolute Gasteiger partial charge is 0.303 e. The summed E-state index contributed by atoms with van der Waals surface area (Å²) < 4.78 is 35.8. The van der Waals surface area contributed by atoms with Crippen LogP contribution in [0.1, 0.15) is 137 Å². The fourth-order valence-corrected chi connectivity index (χ4v) is 14.7. The Morgan fingerprint density at radius 2 is 1.39 bits per heavy atom. The molecule has 0 unspecified atom stereocenters. The van der Waals surface area contributed by atoms with Crippen molar-refractivity contribution in [2.45, 2.75) is 173 Å². The standard InChI is InChI=1S/C46H73N7O8S/c1-6-33-27-46(33,42(58)50-62(59,60)51-22-12-13-23-51)49-39(55)35-28-45(43(4,5)44(45)20-14-21-44)29-53(35)41(57)37(32-18-25-61-26-19-32)48-40(56)36(31-15-8-7-9-16-31)47-38(54)34-17-10-11-24-52(34)30(2)3/h6,30-37H,1,7-29H2,2-5H3,(H,47,54)(H,48,56)(H,49,55)(H,50,58)/t33-,34+,35+,36+,37+,45-,46-/m1/s1. The number of carbonyl (C=O) groups excluding carboxylic acids is 5. The Balaban J connectivity index is 1.07. The van der Waals surface area contributed by atoms with Crippen LogP contribution in [0.2, 0.25) is 0 Å². The van der Waals surface area contributed by atoms with Gasteiger partial charge in [-0.3, -0.25) is 28.9 Å². The van der Waals surface area contributed by atoms with E-state index in [1.165, 1.54) is 4.31 Å². The van der Waals surface area contributed by atoms with Gasteiger partial charge in [-0.1, -0.05) is 52.0 Å². The van der Waals surface area contributed by atoms with Crippen LogP contribution in [0.15, 0.2) is 12.7 Å². The molecule has 62 heavy (non-hydrogen) atoms. The Morgan fingerprint density at radius 3 is 1.98 bits per heavy atom. The van der Waals surface area contributed by atoms with Gasteiger partial charge in [-0.25, -0.2) is 4.72 Å². The van der Waals surface area contributed by atoms with Gasteiger partial charge in [0.25, 0.3) is 5.91 Å². The molecule has 4 heterocycles. The van der Waals surface area contributed by atoms with Crippen LogP contribution in [0.3, 0.4) is 0 Å². The summed E-state index contributed by atoms with van der Waals surface area (Å²) in [5.74, 6) is -2.95. The molecule has 4 saturated heterocycles. The van der Waals surface area contributed by atoms with Crippen molar-refractivity contribution in [1.29, 1.82) is 0 Å². The number of hydrogen-bond acceptors (Lipinski definition) is 9. The number of likely N-dealkylation sites (tertiary alicyclic amines) is 2. The second kappa shape index (κ2) is 17.4. The molecule has 8 aliphatic rings. The minimum atomic E-state index is -4.12. The molecule has 0 bridgehead atoms. The van der Waals surface area contributed by atoms with Gasteiger partial charge in [-0.2, -0.15) is 12.7 Å². The molecular weight excluding hydrogens is 811 g/mol. The number of fused-ring (bicyclic) bond motifs is 1. The Hall–Kier alpha value is -3.08. The topological polar surface area (TPSA) is 187 Å². The zero-order valence-corrected chi connectivity index (χ0v) is 38.5. The second-order valence-corrected chi connectivity index (χ2v) is 22.7. The molecule has 0 aromatic carbocycles. The molecule has 4 aliphatic heterocycles. The van der Waals surface area contributed by atoms with E-state index in [0.29, 0.717) is 65.0 Å². The highest BCUT2D eigenvalue weighted by Gasteiger charge is 2.85. The van der Waals surface area contributed by atoms with Gasteiger partial charge in [0, 0.05) is 50.2 Å². The fourth-order valence-electron chi connectivity index (χ4n) is 13.4. The van der Waals surface area contributed by atoms with Crippen molar-refractivity contribution < 1.29 is 37.1 Å². The third-order valence-corrected chi connectivity index (χ3v) is 19.1. The molecule has 0 radical (unpaired) electrons. The minimum Gasteiger partial charge on any atom is -0.381 e. The summed E-state index contributed by atoms with van der Waals surface area (Å²) in [5.41, 5.74) is -2.03. The first-order chi connectivity index (χ1) is 29.5. The van der Waals surface area contributed by atoms with E-state index in [4.69, 9.17) is 4.74 Å². The molecule has 4 aliphatic carbocycles. The van der Waals surface area contributed by atoms with Crippen molar-refractivity contribution in [2.24, 2.45) is 34.0 Å². The van der Waals surface area contributed by atoms with Gasteiger partial charge in [0.15, 0.2) is 0 Å². The zero-order chi connectivity index (χ0) is 44.2. The van der Waals surface area contributed by atoms with E-state index >= 15 is 4.79 Å². The number of rotatable bonds is 14. The van der Waals surface area contributed by atoms with Gasteiger partial charge in [-0.05, 0) is 120 Å². The predicted molar refractivity (Wildman–Crippen MR) is 233 cm³/mol. The molecule has 0 aromatic heterocycles. The molecule has 8 fully saturated rings. The zero-order valence-electron chi connectivity index (χ0n) is 37.7. The number of hydrogen-bond donors (Lipinski definition) is 4. The predicted octanol–water partition coefficient (Wildman–Crippen LogP) is 3.54. The number of nitrogens with zero attached hydrogens (tertiary/aromatic N) is 3. The van der Waals surface area contributed by atoms with Crippen molar-refractivity contribution >= 4 is 39.7 Å². The normalized spacial score (nSPS) is 33.4. The third kappa shape index (κ3) is 7.81. The van der Waals surface area contributed by atoms with Crippen molar-refractivity contribution in [2.75, 3.05) is 39.4 Å². The Kier molecular flexibility index (Phi) is 12.7. The van der Waals surface area contributed by atoms with Crippen molar-refractivity contribution in [1.82, 2.24) is 34.8 Å². The lowest BCUT2D eigenvalue weighted by atomic mass is 9.73. The first-order valence-corrected chi connectivity index (χ1v) is 25.5. The van der Waals surface area contributed by atoms with Crippen molar-refractivity contribution in [3.63, 3.8) is 0 Å². The molecule has 16 heteroatoms. The molecule has 0 aromatic rings. The van der Waals surface area contributed by atoms with Crippen LogP contribution in [0, 0.1) is 34.0 Å². The third-order valence-electron chi connectivity index (χ3n) is 17.6. The molecule has 4 saturated carbocycles. The fraction of sp³-hybridized carbons (Fsp3) is 0.848. The summed E-state index contributed by atoms with van der Waals surface area (Å²) >= 11 is 0. The van der Waals surface area contributed by atoms with Crippen LogP contribution in [0.4, 0.5) is 0 Å². The number of ether oxygens (including phenoxy) is 1. The Labute approximate surface area is 369 Å². The lowest BCUT2D eigenvalue weighted by Gasteiger charge is -2.40. The van der Waals surface area contributed by atoms with Gasteiger partial charge in [0.05, 0.1) is 6.04 Å². The maximum atomic E-state index is 15.5. The van der Waals surface area contributed by atoms with E-state index in [-0.39, 0.29) is 64.3 Å². The second-order valence-electron chi connectivity index (χ2n) is 21.0. The minimum absolute atomic E-state index is 0.0214. The first kappa shape index (κ1) is 45.5. The molecular formula is C46H73N7O8S. The lowest BCUT2D eigenvalue weighted by Crippen LogP contribution is -2.63. The van der Waals surface area contributed by atoms with Crippen LogP contribution < -0.4 is 20.7 Å². The van der Waals surface area contributed by atoms with E-state index in [2.05, 4.69) is 59.8 Å². The summed E-state index contributed by atoms with van der Waals surface area (Å²) in [6.07, 6.45) is 15.1. The molecule has 4 N–H and O–H groups in total. The van der Waals surface area contributed by atoms with Crippen LogP contribution in [-0.4, -0.2) is 127 Å². The molecule has 5 amide bonds. The number of nitrogens with one attached hydrogen (secondary N) is 4.